The van der Waals surface area contributed by atoms with Crippen LogP contribution in [0.25, 0.3) is 0 Å². The normalized spacial score (nSPS) is 10.5. The Bertz CT molecular complexity index is 780. The molecular weight excluding hydrogens is 347 g/mol. The molecule has 0 aromatic heterocycles. The van der Waals surface area contributed by atoms with Gasteiger partial charge in [-0.3, -0.25) is 4.79 Å². The van der Waals surface area contributed by atoms with Gasteiger partial charge in [0.1, 0.15) is 5.82 Å². The van der Waals surface area contributed by atoms with Crippen molar-refractivity contribution in [3.05, 3.63) is 65.5 Å². The maximum atomic E-state index is 13.5. The molecule has 2 aromatic carbocycles. The van der Waals surface area contributed by atoms with Crippen LogP contribution in [0.1, 0.15) is 11.1 Å². The van der Waals surface area contributed by atoms with Crippen LogP contribution >= 0.6 is 0 Å². The Morgan fingerprint density at radius 2 is 1.81 bits per heavy atom. The van der Waals surface area contributed by atoms with Crippen LogP contribution in [0.3, 0.4) is 0 Å². The van der Waals surface area contributed by atoms with Gasteiger partial charge in [0.25, 0.3) is 0 Å². The van der Waals surface area contributed by atoms with Gasteiger partial charge in [0.2, 0.25) is 5.91 Å². The lowest BCUT2D eigenvalue weighted by molar-refractivity contribution is -0.116. The molecule has 7 heteroatoms. The minimum Gasteiger partial charge on any atom is -0.338 e. The zero-order valence-electron chi connectivity index (χ0n) is 15.6. The van der Waals surface area contributed by atoms with Crippen molar-refractivity contribution in [2.45, 2.75) is 13.0 Å². The smallest absolute Gasteiger partial charge is 0.315 e. The number of amides is 3. The van der Waals surface area contributed by atoms with Crippen LogP contribution in [0.4, 0.5) is 14.9 Å². The Hall–Kier alpha value is -2.93. The SMILES string of the molecule is CN(C)CC(=O)Nc1cccc(CNC(=O)NCCc2ccccc2F)c1. The Labute approximate surface area is 158 Å². The van der Waals surface area contributed by atoms with Crippen molar-refractivity contribution < 1.29 is 14.0 Å². The lowest BCUT2D eigenvalue weighted by atomic mass is 10.1. The highest BCUT2D eigenvalue weighted by Gasteiger charge is 2.06. The fraction of sp³-hybridized carbons (Fsp3) is 0.300. The van der Waals surface area contributed by atoms with Crippen LogP contribution in [-0.4, -0.2) is 44.0 Å². The number of nitrogens with one attached hydrogen (secondary N) is 3. The van der Waals surface area contributed by atoms with Crippen LogP contribution in [0.2, 0.25) is 0 Å². The van der Waals surface area contributed by atoms with E-state index in [-0.39, 0.29) is 17.8 Å². The van der Waals surface area contributed by atoms with Crippen LogP contribution < -0.4 is 16.0 Å². The first-order valence-electron chi connectivity index (χ1n) is 8.72. The summed E-state index contributed by atoms with van der Waals surface area (Å²) in [5, 5.41) is 8.27. The standard InChI is InChI=1S/C20H25FN4O2/c1-25(2)14-19(26)24-17-8-5-6-15(12-17)13-23-20(27)22-11-10-16-7-3-4-9-18(16)21/h3-9,12H,10-11,13-14H2,1-2H3,(H,24,26)(H2,22,23,27). The van der Waals surface area contributed by atoms with Crippen molar-refractivity contribution in [2.24, 2.45) is 0 Å². The Kier molecular flexibility index (Phi) is 7.76. The minimum absolute atomic E-state index is 0.101. The van der Waals surface area contributed by atoms with Crippen LogP contribution in [0.5, 0.6) is 0 Å². The molecular formula is C20H25FN4O2. The van der Waals surface area contributed by atoms with Gasteiger partial charge in [-0.25, -0.2) is 9.18 Å². The number of rotatable bonds is 8. The molecule has 3 N–H and O–H groups in total. The third kappa shape index (κ3) is 7.45. The van der Waals surface area contributed by atoms with Crippen molar-refractivity contribution in [3.8, 4) is 0 Å². The number of halogens is 1. The zero-order chi connectivity index (χ0) is 19.6. The van der Waals surface area contributed by atoms with Gasteiger partial charge in [-0.15, -0.1) is 0 Å². The van der Waals surface area contributed by atoms with Crippen molar-refractivity contribution in [1.29, 1.82) is 0 Å². The molecule has 144 valence electrons. The summed E-state index contributed by atoms with van der Waals surface area (Å²) in [7, 11) is 3.65. The first-order valence-corrected chi connectivity index (χ1v) is 8.72. The molecule has 0 saturated heterocycles. The predicted molar refractivity (Wildman–Crippen MR) is 104 cm³/mol. The molecule has 0 heterocycles. The number of carbonyl (C=O) groups is 2. The lowest BCUT2D eigenvalue weighted by Crippen LogP contribution is -2.36. The van der Waals surface area contributed by atoms with E-state index in [1.807, 2.05) is 32.3 Å². The van der Waals surface area contributed by atoms with Crippen LogP contribution in [-0.2, 0) is 17.8 Å². The number of hydrogen-bond donors (Lipinski definition) is 3. The monoisotopic (exact) mass is 372 g/mol. The molecule has 2 aromatic rings. The van der Waals surface area contributed by atoms with Crippen LogP contribution in [0, 0.1) is 5.82 Å². The largest absolute Gasteiger partial charge is 0.338 e. The summed E-state index contributed by atoms with van der Waals surface area (Å²) in [6.07, 6.45) is 0.424. The number of benzene rings is 2. The maximum Gasteiger partial charge on any atom is 0.315 e. The summed E-state index contributed by atoms with van der Waals surface area (Å²) >= 11 is 0. The summed E-state index contributed by atoms with van der Waals surface area (Å²) in [6.45, 7) is 0.962. The zero-order valence-corrected chi connectivity index (χ0v) is 15.6. The molecule has 0 bridgehead atoms. The summed E-state index contributed by atoms with van der Waals surface area (Å²) in [5.74, 6) is -0.371. The first kappa shape index (κ1) is 20.4. The van der Waals surface area contributed by atoms with E-state index in [0.717, 1.165) is 5.56 Å². The van der Waals surface area contributed by atoms with E-state index in [9.17, 15) is 14.0 Å². The topological polar surface area (TPSA) is 73.5 Å². The highest BCUT2D eigenvalue weighted by atomic mass is 19.1. The van der Waals surface area contributed by atoms with E-state index in [1.54, 1.807) is 29.2 Å². The average Bonchev–Trinajstić information content (AvgIpc) is 2.61. The predicted octanol–water partition coefficient (Wildman–Crippen LogP) is 2.37. The number of likely N-dealkylation sites (N-methyl/N-ethyl adjacent to an activating group) is 1. The van der Waals surface area contributed by atoms with Crippen molar-refractivity contribution in [2.75, 3.05) is 32.5 Å². The summed E-state index contributed by atoms with van der Waals surface area (Å²) in [5.41, 5.74) is 2.11. The maximum absolute atomic E-state index is 13.5. The second kappa shape index (κ2) is 10.3. The van der Waals surface area contributed by atoms with Gasteiger partial charge < -0.3 is 20.9 Å². The van der Waals surface area contributed by atoms with Crippen molar-refractivity contribution in [3.63, 3.8) is 0 Å². The third-order valence-corrected chi connectivity index (χ3v) is 3.76. The Balaban J connectivity index is 1.75. The van der Waals surface area contributed by atoms with Crippen molar-refractivity contribution >= 4 is 17.6 Å². The summed E-state index contributed by atoms with van der Waals surface area (Å²) in [6, 6.07) is 13.5. The van der Waals surface area contributed by atoms with Gasteiger partial charge in [0.15, 0.2) is 0 Å². The number of urea groups is 1. The van der Waals surface area contributed by atoms with Gasteiger partial charge in [-0.1, -0.05) is 30.3 Å². The van der Waals surface area contributed by atoms with E-state index in [2.05, 4.69) is 16.0 Å². The quantitative estimate of drug-likeness (QED) is 0.666. The van der Waals surface area contributed by atoms with Gasteiger partial charge >= 0.3 is 6.03 Å². The molecule has 0 fully saturated rings. The molecule has 0 aliphatic carbocycles. The molecule has 3 amide bonds. The second-order valence-electron chi connectivity index (χ2n) is 6.44. The minimum atomic E-state index is -0.326. The number of carbonyl (C=O) groups excluding carboxylic acids is 2. The molecule has 6 nitrogen and oxygen atoms in total. The van der Waals surface area contributed by atoms with E-state index in [0.29, 0.717) is 37.3 Å². The lowest BCUT2D eigenvalue weighted by Gasteiger charge is -2.12. The molecule has 0 spiro atoms. The molecule has 0 unspecified atom stereocenters. The van der Waals surface area contributed by atoms with E-state index in [4.69, 9.17) is 0 Å². The van der Waals surface area contributed by atoms with E-state index >= 15 is 0 Å². The third-order valence-electron chi connectivity index (χ3n) is 3.76. The fourth-order valence-electron chi connectivity index (χ4n) is 2.50. The number of hydrogen-bond acceptors (Lipinski definition) is 3. The molecule has 2 rings (SSSR count). The number of nitrogens with zero attached hydrogens (tertiary/aromatic N) is 1. The van der Waals surface area contributed by atoms with Gasteiger partial charge in [-0.2, -0.15) is 0 Å². The molecule has 0 saturated carbocycles. The Morgan fingerprint density at radius 1 is 1.04 bits per heavy atom. The van der Waals surface area contributed by atoms with E-state index in [1.165, 1.54) is 6.07 Å². The highest BCUT2D eigenvalue weighted by molar-refractivity contribution is 5.92. The molecule has 0 aliphatic rings. The van der Waals surface area contributed by atoms with Crippen LogP contribution in [0.15, 0.2) is 48.5 Å². The molecule has 0 radical (unpaired) electrons. The summed E-state index contributed by atoms with van der Waals surface area (Å²) in [4.78, 5) is 25.5. The fourth-order valence-corrected chi connectivity index (χ4v) is 2.50. The molecule has 27 heavy (non-hydrogen) atoms. The Morgan fingerprint density at radius 3 is 2.56 bits per heavy atom. The van der Waals surface area contributed by atoms with Crippen molar-refractivity contribution in [1.82, 2.24) is 15.5 Å². The number of anilines is 1. The van der Waals surface area contributed by atoms with Gasteiger partial charge in [0.05, 0.1) is 6.54 Å². The highest BCUT2D eigenvalue weighted by Crippen LogP contribution is 2.10. The molecule has 0 atom stereocenters. The van der Waals surface area contributed by atoms with Gasteiger partial charge in [-0.05, 0) is 49.8 Å². The second-order valence-corrected chi connectivity index (χ2v) is 6.44. The van der Waals surface area contributed by atoms with E-state index < -0.39 is 0 Å². The first-order chi connectivity index (χ1) is 12.9. The average molecular weight is 372 g/mol. The molecule has 0 aliphatic heterocycles. The summed E-state index contributed by atoms with van der Waals surface area (Å²) < 4.78 is 13.5. The van der Waals surface area contributed by atoms with Gasteiger partial charge in [0, 0.05) is 18.8 Å².